The molecule has 1 aliphatic heterocycles. The molecule has 3 N–H and O–H groups in total. The zero-order valence-corrected chi connectivity index (χ0v) is 13.8. The van der Waals surface area contributed by atoms with Crippen molar-refractivity contribution >= 4 is 56.1 Å². The molecule has 0 aromatic carbocycles. The maximum Gasteiger partial charge on any atom is 0.251 e. The first-order chi connectivity index (χ1) is 10.1. The van der Waals surface area contributed by atoms with Crippen molar-refractivity contribution in [3.8, 4) is 0 Å². The number of carbonyl (C=O) groups excluding carboxylic acids is 2. The van der Waals surface area contributed by atoms with Gasteiger partial charge in [-0.2, -0.15) is 0 Å². The van der Waals surface area contributed by atoms with Gasteiger partial charge in [0.2, 0.25) is 5.91 Å². The fourth-order valence-electron chi connectivity index (χ4n) is 2.45. The zero-order valence-electron chi connectivity index (χ0n) is 11.3. The molecule has 5 nitrogen and oxygen atoms in total. The summed E-state index contributed by atoms with van der Waals surface area (Å²) in [6.45, 7) is 0.831. The second-order valence-electron chi connectivity index (χ2n) is 4.76. The van der Waals surface area contributed by atoms with Crippen molar-refractivity contribution in [1.29, 1.82) is 0 Å². The predicted molar refractivity (Wildman–Crippen MR) is 90.7 cm³/mol. The number of aryl methyl sites for hydroxylation is 1. The van der Waals surface area contributed by atoms with Crippen LogP contribution in [-0.2, 0) is 17.6 Å². The third kappa shape index (κ3) is 3.27. The van der Waals surface area contributed by atoms with Gasteiger partial charge in [-0.05, 0) is 24.8 Å². The molecule has 0 bridgehead atoms. The third-order valence-corrected chi connectivity index (χ3v) is 6.76. The Labute approximate surface area is 135 Å². The summed E-state index contributed by atoms with van der Waals surface area (Å²) in [5.41, 5.74) is 7.02. The smallest absolute Gasteiger partial charge is 0.251 e. The quantitative estimate of drug-likeness (QED) is 0.878. The molecule has 0 atom stereocenters. The summed E-state index contributed by atoms with van der Waals surface area (Å²) in [5, 5.41) is 3.45. The largest absolute Gasteiger partial charge is 0.365 e. The number of thiophene rings is 1. The lowest BCUT2D eigenvalue weighted by atomic mass is 10.1. The first-order valence-corrected chi connectivity index (χ1v) is 9.48. The molecule has 0 radical (unpaired) electrons. The van der Waals surface area contributed by atoms with E-state index in [9.17, 15) is 9.59 Å². The number of thioether (sulfide) groups is 2. The van der Waals surface area contributed by atoms with Gasteiger partial charge in [0.1, 0.15) is 9.38 Å². The topological polar surface area (TPSA) is 84.5 Å². The van der Waals surface area contributed by atoms with Crippen LogP contribution in [0, 0.1) is 0 Å². The van der Waals surface area contributed by atoms with Crippen LogP contribution in [-0.4, -0.2) is 34.2 Å². The summed E-state index contributed by atoms with van der Waals surface area (Å²) in [6, 6.07) is 0. The van der Waals surface area contributed by atoms with Crippen LogP contribution in [0.5, 0.6) is 0 Å². The lowest BCUT2D eigenvalue weighted by Crippen LogP contribution is -2.19. The van der Waals surface area contributed by atoms with E-state index in [1.807, 2.05) is 0 Å². The van der Waals surface area contributed by atoms with Gasteiger partial charge in [0.15, 0.2) is 0 Å². The van der Waals surface area contributed by atoms with Gasteiger partial charge in [-0.1, -0.05) is 23.5 Å². The first kappa shape index (κ1) is 14.9. The minimum absolute atomic E-state index is 0.113. The molecule has 0 saturated heterocycles. The van der Waals surface area contributed by atoms with Gasteiger partial charge in [-0.25, -0.2) is 0 Å². The van der Waals surface area contributed by atoms with Crippen LogP contribution in [0.15, 0.2) is 4.99 Å². The lowest BCUT2D eigenvalue weighted by molar-refractivity contribution is -0.113. The third-order valence-electron chi connectivity index (χ3n) is 3.31. The summed E-state index contributed by atoms with van der Waals surface area (Å²) >= 11 is 4.61. The molecular formula is C13H15N3O2S3. The van der Waals surface area contributed by atoms with E-state index in [4.69, 9.17) is 5.73 Å². The molecule has 3 rings (SSSR count). The molecule has 2 aliphatic rings. The van der Waals surface area contributed by atoms with E-state index in [0.29, 0.717) is 16.3 Å². The van der Waals surface area contributed by atoms with Crippen molar-refractivity contribution in [3.05, 3.63) is 16.0 Å². The van der Waals surface area contributed by atoms with Crippen LogP contribution >= 0.6 is 34.9 Å². The molecule has 21 heavy (non-hydrogen) atoms. The number of anilines is 1. The Morgan fingerprint density at radius 1 is 1.38 bits per heavy atom. The van der Waals surface area contributed by atoms with Gasteiger partial charge < -0.3 is 11.1 Å². The number of aliphatic imine (C=N–C) groups is 1. The average Bonchev–Trinajstić information content (AvgIpc) is 3.11. The van der Waals surface area contributed by atoms with E-state index in [1.54, 1.807) is 11.8 Å². The molecule has 0 fully saturated rings. The van der Waals surface area contributed by atoms with Crippen molar-refractivity contribution < 1.29 is 9.59 Å². The summed E-state index contributed by atoms with van der Waals surface area (Å²) in [7, 11) is 0. The number of nitrogens with one attached hydrogen (secondary N) is 1. The van der Waals surface area contributed by atoms with Gasteiger partial charge in [0.05, 0.1) is 17.9 Å². The van der Waals surface area contributed by atoms with E-state index < -0.39 is 5.91 Å². The predicted octanol–water partition coefficient (Wildman–Crippen LogP) is 2.11. The fourth-order valence-corrected chi connectivity index (χ4v) is 5.57. The number of hydrogen-bond donors (Lipinski definition) is 2. The molecule has 1 aromatic heterocycles. The van der Waals surface area contributed by atoms with Crippen LogP contribution < -0.4 is 11.1 Å². The summed E-state index contributed by atoms with van der Waals surface area (Å²) in [4.78, 5) is 29.1. The molecule has 112 valence electrons. The molecule has 0 saturated carbocycles. The van der Waals surface area contributed by atoms with E-state index in [1.165, 1.54) is 28.0 Å². The summed E-state index contributed by atoms with van der Waals surface area (Å²) in [6.07, 6.45) is 2.91. The van der Waals surface area contributed by atoms with Gasteiger partial charge in [-0.15, -0.1) is 11.3 Å². The molecule has 0 unspecified atom stereocenters. The van der Waals surface area contributed by atoms with Crippen LogP contribution in [0.1, 0.15) is 27.2 Å². The lowest BCUT2D eigenvalue weighted by Gasteiger charge is -2.05. The first-order valence-electron chi connectivity index (χ1n) is 6.69. The highest BCUT2D eigenvalue weighted by Gasteiger charge is 2.26. The highest BCUT2D eigenvalue weighted by Crippen LogP contribution is 2.38. The second-order valence-corrected chi connectivity index (χ2v) is 8.17. The van der Waals surface area contributed by atoms with Crippen molar-refractivity contribution in [2.75, 3.05) is 23.4 Å². The number of primary amides is 1. The second kappa shape index (κ2) is 6.41. The minimum atomic E-state index is -0.451. The van der Waals surface area contributed by atoms with E-state index in [0.717, 1.165) is 41.5 Å². The maximum atomic E-state index is 12.0. The Morgan fingerprint density at radius 3 is 2.95 bits per heavy atom. The molecule has 0 spiro atoms. The van der Waals surface area contributed by atoms with Gasteiger partial charge >= 0.3 is 0 Å². The molecule has 8 heteroatoms. The Morgan fingerprint density at radius 2 is 2.24 bits per heavy atom. The highest BCUT2D eigenvalue weighted by molar-refractivity contribution is 8.39. The number of fused-ring (bicyclic) bond motifs is 1. The fraction of sp³-hybridized carbons (Fsp3) is 0.462. The van der Waals surface area contributed by atoms with E-state index in [-0.39, 0.29) is 5.91 Å². The van der Waals surface area contributed by atoms with Gasteiger partial charge in [0.25, 0.3) is 5.91 Å². The van der Waals surface area contributed by atoms with Crippen molar-refractivity contribution in [2.45, 2.75) is 19.3 Å². The molecule has 1 aliphatic carbocycles. The van der Waals surface area contributed by atoms with Crippen LogP contribution in [0.25, 0.3) is 0 Å². The van der Waals surface area contributed by atoms with Crippen LogP contribution in [0.2, 0.25) is 0 Å². The van der Waals surface area contributed by atoms with Crippen molar-refractivity contribution in [3.63, 3.8) is 0 Å². The molecule has 1 aromatic rings. The van der Waals surface area contributed by atoms with Crippen LogP contribution in [0.4, 0.5) is 5.00 Å². The average molecular weight is 341 g/mol. The highest BCUT2D eigenvalue weighted by atomic mass is 32.2. The van der Waals surface area contributed by atoms with E-state index in [2.05, 4.69) is 10.3 Å². The Kier molecular flexibility index (Phi) is 4.56. The normalized spacial score (nSPS) is 16.7. The number of amides is 2. The minimum Gasteiger partial charge on any atom is -0.365 e. The Balaban J connectivity index is 1.67. The number of nitrogens with two attached hydrogens (primary N) is 1. The van der Waals surface area contributed by atoms with Gasteiger partial charge in [0, 0.05) is 10.6 Å². The zero-order chi connectivity index (χ0) is 14.8. The molecule has 2 heterocycles. The number of hydrogen-bond acceptors (Lipinski definition) is 6. The summed E-state index contributed by atoms with van der Waals surface area (Å²) in [5.74, 6) is 0.741. The molecule has 2 amide bonds. The SMILES string of the molecule is NC(=O)c1c(NC(=O)CSC2=NCCS2)sc2c1CCC2. The number of carbonyl (C=O) groups is 2. The van der Waals surface area contributed by atoms with Crippen molar-refractivity contribution in [1.82, 2.24) is 0 Å². The standard InChI is InChI=1S/C13H15N3O2S3/c14-11(18)10-7-2-1-3-8(7)21-12(10)16-9(17)6-20-13-15-4-5-19-13/h1-6H2,(H2,14,18)(H,16,17). The molecular weight excluding hydrogens is 326 g/mol. The van der Waals surface area contributed by atoms with Crippen molar-refractivity contribution in [2.24, 2.45) is 10.7 Å². The Bertz CT molecular complexity index is 624. The number of rotatable bonds is 4. The monoisotopic (exact) mass is 341 g/mol. The van der Waals surface area contributed by atoms with E-state index >= 15 is 0 Å². The summed E-state index contributed by atoms with van der Waals surface area (Å²) < 4.78 is 0.967. The van der Waals surface area contributed by atoms with Crippen LogP contribution in [0.3, 0.4) is 0 Å². The number of nitrogens with zero attached hydrogens (tertiary/aromatic N) is 1. The maximum absolute atomic E-state index is 12.0. The Hall–Kier alpha value is -0.990. The van der Waals surface area contributed by atoms with Gasteiger partial charge in [-0.3, -0.25) is 14.6 Å².